The van der Waals surface area contributed by atoms with E-state index in [9.17, 15) is 0 Å². The van der Waals surface area contributed by atoms with Gasteiger partial charge in [0.25, 0.3) is 0 Å². The van der Waals surface area contributed by atoms with Gasteiger partial charge in [0.15, 0.2) is 0 Å². The zero-order chi connectivity index (χ0) is 14.7. The smallest absolute Gasteiger partial charge is 0.137 e. The Balaban J connectivity index is 1.89. The predicted molar refractivity (Wildman–Crippen MR) is 82.8 cm³/mol. The molecule has 0 aliphatic heterocycles. The monoisotopic (exact) mass is 274 g/mol. The van der Waals surface area contributed by atoms with Crippen molar-refractivity contribution < 1.29 is 0 Å². The lowest BCUT2D eigenvalue weighted by Gasteiger charge is -2.09. The van der Waals surface area contributed by atoms with Gasteiger partial charge in [0.1, 0.15) is 12.1 Å². The Morgan fingerprint density at radius 1 is 1.14 bits per heavy atom. The predicted octanol–water partition coefficient (Wildman–Crippen LogP) is 3.42. The molecule has 21 heavy (non-hydrogen) atoms. The van der Waals surface area contributed by atoms with Gasteiger partial charge >= 0.3 is 0 Å². The van der Waals surface area contributed by atoms with E-state index >= 15 is 0 Å². The molecule has 0 amide bonds. The van der Waals surface area contributed by atoms with Crippen LogP contribution >= 0.6 is 0 Å². The van der Waals surface area contributed by atoms with E-state index in [2.05, 4.69) is 21.4 Å². The maximum absolute atomic E-state index is 8.93. The number of para-hydroxylation sites is 1. The lowest BCUT2D eigenvalue weighted by molar-refractivity contribution is 1.10. The summed E-state index contributed by atoms with van der Waals surface area (Å²) in [4.78, 5) is 8.65. The fourth-order valence-corrected chi connectivity index (χ4v) is 2.31. The molecule has 1 aromatic heterocycles. The summed E-state index contributed by atoms with van der Waals surface area (Å²) >= 11 is 0. The standard InChI is InChI=1S/C17H14N4/c1-12-4-2-7-15-16(12)20-11-21-17(15)19-10-14-6-3-5-13(8-14)9-18/h2-8,11H,10H2,1H3,(H,19,20,21). The molecular weight excluding hydrogens is 260 g/mol. The van der Waals surface area contributed by atoms with E-state index in [4.69, 9.17) is 5.26 Å². The molecule has 0 spiro atoms. The topological polar surface area (TPSA) is 61.6 Å². The average molecular weight is 274 g/mol. The molecule has 0 fully saturated rings. The summed E-state index contributed by atoms with van der Waals surface area (Å²) in [5.74, 6) is 0.811. The van der Waals surface area contributed by atoms with Crippen molar-refractivity contribution in [3.8, 4) is 6.07 Å². The van der Waals surface area contributed by atoms with E-state index in [0.717, 1.165) is 27.8 Å². The first kappa shape index (κ1) is 13.1. The van der Waals surface area contributed by atoms with Gasteiger partial charge in [0.2, 0.25) is 0 Å². The minimum Gasteiger partial charge on any atom is -0.365 e. The summed E-state index contributed by atoms with van der Waals surface area (Å²) in [6, 6.07) is 15.7. The molecule has 0 unspecified atom stereocenters. The number of fused-ring (bicyclic) bond motifs is 1. The third-order valence-corrected chi connectivity index (χ3v) is 3.38. The van der Waals surface area contributed by atoms with Crippen molar-refractivity contribution in [2.24, 2.45) is 0 Å². The third-order valence-electron chi connectivity index (χ3n) is 3.38. The van der Waals surface area contributed by atoms with Crippen LogP contribution in [0.15, 0.2) is 48.8 Å². The Hall–Kier alpha value is -2.93. The van der Waals surface area contributed by atoms with Crippen LogP contribution in [0.3, 0.4) is 0 Å². The van der Waals surface area contributed by atoms with Crippen LogP contribution in [0.4, 0.5) is 5.82 Å². The number of aryl methyl sites for hydroxylation is 1. The van der Waals surface area contributed by atoms with Gasteiger partial charge in [0, 0.05) is 11.9 Å². The van der Waals surface area contributed by atoms with Gasteiger partial charge in [-0.2, -0.15) is 5.26 Å². The van der Waals surface area contributed by atoms with E-state index in [1.165, 1.54) is 0 Å². The minimum atomic E-state index is 0.621. The lowest BCUT2D eigenvalue weighted by Crippen LogP contribution is -2.03. The second-order valence-electron chi connectivity index (χ2n) is 4.86. The molecule has 1 N–H and O–H groups in total. The highest BCUT2D eigenvalue weighted by Crippen LogP contribution is 2.22. The Morgan fingerprint density at radius 2 is 2.00 bits per heavy atom. The van der Waals surface area contributed by atoms with Gasteiger partial charge in [0.05, 0.1) is 17.1 Å². The number of aromatic nitrogens is 2. The summed E-state index contributed by atoms with van der Waals surface area (Å²) in [7, 11) is 0. The normalized spacial score (nSPS) is 10.3. The number of hydrogen-bond acceptors (Lipinski definition) is 4. The maximum Gasteiger partial charge on any atom is 0.137 e. The molecule has 102 valence electrons. The summed E-state index contributed by atoms with van der Waals surface area (Å²) in [5.41, 5.74) is 3.80. The van der Waals surface area contributed by atoms with Crippen molar-refractivity contribution in [2.45, 2.75) is 13.5 Å². The fourth-order valence-electron chi connectivity index (χ4n) is 2.31. The van der Waals surface area contributed by atoms with Gasteiger partial charge in [-0.25, -0.2) is 9.97 Å². The summed E-state index contributed by atoms with van der Waals surface area (Å²) in [6.45, 7) is 2.66. The Kier molecular flexibility index (Phi) is 3.48. The minimum absolute atomic E-state index is 0.621. The zero-order valence-electron chi connectivity index (χ0n) is 11.7. The molecular formula is C17H14N4. The number of rotatable bonds is 3. The third kappa shape index (κ3) is 2.67. The van der Waals surface area contributed by atoms with E-state index < -0.39 is 0 Å². The van der Waals surface area contributed by atoms with Crippen LogP contribution in [0.5, 0.6) is 0 Å². The average Bonchev–Trinajstić information content (AvgIpc) is 2.53. The molecule has 0 bridgehead atoms. The van der Waals surface area contributed by atoms with Crippen LogP contribution in [0, 0.1) is 18.3 Å². The van der Waals surface area contributed by atoms with Crippen molar-refractivity contribution in [3.05, 3.63) is 65.5 Å². The quantitative estimate of drug-likeness (QED) is 0.795. The lowest BCUT2D eigenvalue weighted by atomic mass is 10.1. The second-order valence-corrected chi connectivity index (χ2v) is 4.86. The Labute approximate surface area is 123 Å². The number of hydrogen-bond donors (Lipinski definition) is 1. The van der Waals surface area contributed by atoms with Crippen molar-refractivity contribution >= 4 is 16.7 Å². The molecule has 0 aliphatic carbocycles. The molecule has 1 heterocycles. The number of nitrogens with zero attached hydrogens (tertiary/aromatic N) is 3. The van der Waals surface area contributed by atoms with Crippen molar-refractivity contribution in [2.75, 3.05) is 5.32 Å². The Bertz CT molecular complexity index is 834. The molecule has 3 rings (SSSR count). The van der Waals surface area contributed by atoms with Gasteiger partial charge in [-0.3, -0.25) is 0 Å². The summed E-state index contributed by atoms with van der Waals surface area (Å²) < 4.78 is 0. The first-order valence-electron chi connectivity index (χ1n) is 6.71. The Morgan fingerprint density at radius 3 is 2.86 bits per heavy atom. The van der Waals surface area contributed by atoms with E-state index in [-0.39, 0.29) is 0 Å². The van der Waals surface area contributed by atoms with E-state index in [0.29, 0.717) is 12.1 Å². The van der Waals surface area contributed by atoms with Crippen molar-refractivity contribution in [3.63, 3.8) is 0 Å². The molecule has 0 aliphatic rings. The van der Waals surface area contributed by atoms with Crippen LogP contribution in [0.25, 0.3) is 10.9 Å². The fraction of sp³-hybridized carbons (Fsp3) is 0.118. The highest BCUT2D eigenvalue weighted by Gasteiger charge is 2.05. The molecule has 0 saturated carbocycles. The number of benzene rings is 2. The number of nitriles is 1. The SMILES string of the molecule is Cc1cccc2c(NCc3cccc(C#N)c3)ncnc12. The van der Waals surface area contributed by atoms with Crippen LogP contribution in [-0.4, -0.2) is 9.97 Å². The van der Waals surface area contributed by atoms with Gasteiger partial charge < -0.3 is 5.32 Å². The molecule has 4 nitrogen and oxygen atoms in total. The zero-order valence-corrected chi connectivity index (χ0v) is 11.7. The van der Waals surface area contributed by atoms with E-state index in [1.807, 2.05) is 43.3 Å². The largest absolute Gasteiger partial charge is 0.365 e. The maximum atomic E-state index is 8.93. The number of nitrogens with one attached hydrogen (secondary N) is 1. The van der Waals surface area contributed by atoms with Crippen LogP contribution in [-0.2, 0) is 6.54 Å². The first-order valence-corrected chi connectivity index (χ1v) is 6.71. The van der Waals surface area contributed by atoms with Crippen molar-refractivity contribution in [1.29, 1.82) is 5.26 Å². The van der Waals surface area contributed by atoms with Gasteiger partial charge in [-0.05, 0) is 36.2 Å². The highest BCUT2D eigenvalue weighted by atomic mass is 15.0. The summed E-state index contributed by atoms with van der Waals surface area (Å²) in [6.07, 6.45) is 1.57. The van der Waals surface area contributed by atoms with Crippen LogP contribution < -0.4 is 5.32 Å². The number of anilines is 1. The van der Waals surface area contributed by atoms with Gasteiger partial charge in [-0.1, -0.05) is 24.3 Å². The second kappa shape index (κ2) is 5.59. The van der Waals surface area contributed by atoms with E-state index in [1.54, 1.807) is 12.4 Å². The molecule has 0 saturated heterocycles. The first-order chi connectivity index (χ1) is 10.3. The van der Waals surface area contributed by atoms with Crippen LogP contribution in [0.1, 0.15) is 16.7 Å². The summed E-state index contributed by atoms with van der Waals surface area (Å²) in [5, 5.41) is 13.3. The highest BCUT2D eigenvalue weighted by molar-refractivity contribution is 5.90. The van der Waals surface area contributed by atoms with Gasteiger partial charge in [-0.15, -0.1) is 0 Å². The molecule has 4 heteroatoms. The molecule has 3 aromatic rings. The molecule has 2 aromatic carbocycles. The molecule has 0 atom stereocenters. The van der Waals surface area contributed by atoms with Crippen molar-refractivity contribution in [1.82, 2.24) is 9.97 Å². The molecule has 0 radical (unpaired) electrons. The van der Waals surface area contributed by atoms with Crippen LogP contribution in [0.2, 0.25) is 0 Å².